The summed E-state index contributed by atoms with van der Waals surface area (Å²) < 4.78 is 10.6. The third kappa shape index (κ3) is 2.51. The van der Waals surface area contributed by atoms with E-state index in [1.807, 2.05) is 6.92 Å². The number of rotatable bonds is 3. The highest BCUT2D eigenvalue weighted by Crippen LogP contribution is 2.38. The van der Waals surface area contributed by atoms with Crippen LogP contribution in [0.2, 0.25) is 0 Å². The van der Waals surface area contributed by atoms with Crippen LogP contribution in [0, 0.1) is 0 Å². The Kier molecular flexibility index (Phi) is 3.21. The van der Waals surface area contributed by atoms with Crippen molar-refractivity contribution in [2.24, 2.45) is 0 Å². The first-order chi connectivity index (χ1) is 6.45. The Morgan fingerprint density at radius 3 is 2.14 bits per heavy atom. The first-order valence-electron chi connectivity index (χ1n) is 4.14. The molecular weight excluding hydrogens is 203 g/mol. The third-order valence-corrected chi connectivity index (χ3v) is 2.66. The quantitative estimate of drug-likeness (QED) is 0.749. The van der Waals surface area contributed by atoms with Crippen LogP contribution in [0.25, 0.3) is 0 Å². The fourth-order valence-corrected chi connectivity index (χ4v) is 1.54. The Bertz CT molecular complexity index is 376. The Morgan fingerprint density at radius 1 is 1.29 bits per heavy atom. The van der Waals surface area contributed by atoms with Gasteiger partial charge in [-0.05, 0) is 12.0 Å². The number of hydrogen-bond donors (Lipinski definition) is 2. The fraction of sp³-hybridized carbons (Fsp3) is 0.222. The van der Waals surface area contributed by atoms with Crippen molar-refractivity contribution in [3.8, 4) is 0 Å². The molecule has 0 aliphatic carbocycles. The molecule has 0 atom stereocenters. The lowest BCUT2D eigenvalue weighted by molar-refractivity contribution is 0.104. The lowest BCUT2D eigenvalue weighted by Gasteiger charge is -2.03. The molecule has 1 aromatic carbocycles. The predicted molar refractivity (Wildman–Crippen MR) is 52.2 cm³/mol. The van der Waals surface area contributed by atoms with Crippen molar-refractivity contribution >= 4 is 13.1 Å². The van der Waals surface area contributed by atoms with Gasteiger partial charge in [-0.2, -0.15) is 0 Å². The van der Waals surface area contributed by atoms with Gasteiger partial charge in [0.1, 0.15) is 0 Å². The molecule has 0 unspecified atom stereocenters. The molecule has 0 spiro atoms. The Balaban J connectivity index is 2.99. The highest BCUT2D eigenvalue weighted by atomic mass is 31.2. The second-order valence-corrected chi connectivity index (χ2v) is 4.39. The zero-order chi connectivity index (χ0) is 10.8. The van der Waals surface area contributed by atoms with Crippen molar-refractivity contribution in [3.63, 3.8) is 0 Å². The van der Waals surface area contributed by atoms with E-state index in [4.69, 9.17) is 9.79 Å². The first kappa shape index (κ1) is 11.1. The fourth-order valence-electron chi connectivity index (χ4n) is 1.05. The molecule has 14 heavy (non-hydrogen) atoms. The molecule has 0 saturated heterocycles. The molecule has 5 heteroatoms. The monoisotopic (exact) mass is 214 g/mol. The number of aryl methyl sites for hydroxylation is 1. The molecule has 0 saturated carbocycles. The van der Waals surface area contributed by atoms with Crippen LogP contribution in [-0.4, -0.2) is 15.3 Å². The van der Waals surface area contributed by atoms with Crippen LogP contribution in [-0.2, 0) is 11.0 Å². The summed E-state index contributed by atoms with van der Waals surface area (Å²) in [6.07, 6.45) is 0.824. The van der Waals surface area contributed by atoms with Crippen molar-refractivity contribution in [1.29, 1.82) is 0 Å². The van der Waals surface area contributed by atoms with Crippen molar-refractivity contribution in [2.75, 3.05) is 0 Å². The molecule has 0 aliphatic heterocycles. The Morgan fingerprint density at radius 2 is 1.79 bits per heavy atom. The number of benzene rings is 1. The minimum absolute atomic E-state index is 0.0514. The number of hydrogen-bond acceptors (Lipinski definition) is 2. The largest absolute Gasteiger partial charge is 0.396 e. The summed E-state index contributed by atoms with van der Waals surface area (Å²) in [6.45, 7) is 1.96. The molecule has 0 aromatic heterocycles. The molecule has 0 heterocycles. The van der Waals surface area contributed by atoms with Crippen LogP contribution in [0.3, 0.4) is 0 Å². The zero-order valence-corrected chi connectivity index (χ0v) is 8.57. The van der Waals surface area contributed by atoms with E-state index in [1.165, 1.54) is 12.1 Å². The summed E-state index contributed by atoms with van der Waals surface area (Å²) in [5, 5.41) is 0. The molecule has 2 N–H and O–H groups in total. The summed E-state index contributed by atoms with van der Waals surface area (Å²) in [5.74, 6) is 0. The minimum Gasteiger partial charge on any atom is -0.319 e. The second-order valence-electron chi connectivity index (χ2n) is 2.90. The normalized spacial score (nSPS) is 11.4. The van der Waals surface area contributed by atoms with Crippen LogP contribution in [0.5, 0.6) is 0 Å². The Labute approximate surface area is 81.7 Å². The third-order valence-electron chi connectivity index (χ3n) is 1.87. The summed E-state index contributed by atoms with van der Waals surface area (Å²) in [7, 11) is -4.64. The zero-order valence-electron chi connectivity index (χ0n) is 7.67. The van der Waals surface area contributed by atoms with Crippen molar-refractivity contribution in [3.05, 3.63) is 35.4 Å². The topological polar surface area (TPSA) is 74.6 Å². The molecule has 1 rings (SSSR count). The second kappa shape index (κ2) is 4.05. The summed E-state index contributed by atoms with van der Waals surface area (Å²) in [6, 6.07) is 6.23. The van der Waals surface area contributed by atoms with E-state index in [9.17, 15) is 9.36 Å². The van der Waals surface area contributed by atoms with Gasteiger partial charge in [0.15, 0.2) is 0 Å². The summed E-state index contributed by atoms with van der Waals surface area (Å²) in [5.41, 5.74) is -0.0528. The van der Waals surface area contributed by atoms with E-state index >= 15 is 0 Å². The standard InChI is InChI=1S/C9H11O4P/c1-2-7-3-5-8(6-4-7)9(10)14(11,12)13/h3-6H,2H2,1H3,(H2,11,12,13). The smallest absolute Gasteiger partial charge is 0.319 e. The molecule has 1 aromatic rings. The molecule has 76 valence electrons. The van der Waals surface area contributed by atoms with E-state index in [0.29, 0.717) is 0 Å². The van der Waals surface area contributed by atoms with Gasteiger partial charge in [-0.15, -0.1) is 0 Å². The lowest BCUT2D eigenvalue weighted by Crippen LogP contribution is -1.99. The average molecular weight is 214 g/mol. The minimum atomic E-state index is -4.64. The van der Waals surface area contributed by atoms with E-state index in [0.717, 1.165) is 12.0 Å². The van der Waals surface area contributed by atoms with Crippen molar-refractivity contribution < 1.29 is 19.1 Å². The van der Waals surface area contributed by atoms with Gasteiger partial charge < -0.3 is 9.79 Å². The van der Waals surface area contributed by atoms with Crippen molar-refractivity contribution in [2.45, 2.75) is 13.3 Å². The number of carbonyl (C=O) groups is 1. The average Bonchev–Trinajstić information content (AvgIpc) is 2.15. The van der Waals surface area contributed by atoms with Gasteiger partial charge in [0.25, 0.3) is 5.52 Å². The molecule has 0 bridgehead atoms. The molecule has 0 fully saturated rings. The predicted octanol–water partition coefficient (Wildman–Crippen LogP) is 1.57. The van der Waals surface area contributed by atoms with Crippen LogP contribution in [0.15, 0.2) is 24.3 Å². The van der Waals surface area contributed by atoms with Crippen molar-refractivity contribution in [1.82, 2.24) is 0 Å². The van der Waals surface area contributed by atoms with Gasteiger partial charge in [-0.1, -0.05) is 31.2 Å². The molecule has 0 radical (unpaired) electrons. The van der Waals surface area contributed by atoms with Gasteiger partial charge in [-0.3, -0.25) is 9.36 Å². The van der Waals surface area contributed by atoms with Gasteiger partial charge >= 0.3 is 7.60 Å². The highest BCUT2D eigenvalue weighted by molar-refractivity contribution is 7.70. The van der Waals surface area contributed by atoms with E-state index in [-0.39, 0.29) is 5.56 Å². The SMILES string of the molecule is CCc1ccc(C(=O)P(=O)(O)O)cc1. The van der Waals surface area contributed by atoms with Crippen LogP contribution in [0.4, 0.5) is 0 Å². The van der Waals surface area contributed by atoms with E-state index in [1.54, 1.807) is 12.1 Å². The van der Waals surface area contributed by atoms with E-state index < -0.39 is 13.1 Å². The molecule has 0 amide bonds. The van der Waals surface area contributed by atoms with Crippen LogP contribution >= 0.6 is 7.60 Å². The van der Waals surface area contributed by atoms with Gasteiger partial charge in [0, 0.05) is 5.56 Å². The summed E-state index contributed by atoms with van der Waals surface area (Å²) in [4.78, 5) is 28.4. The van der Waals surface area contributed by atoms with Crippen LogP contribution in [0.1, 0.15) is 22.8 Å². The van der Waals surface area contributed by atoms with Gasteiger partial charge in [0.2, 0.25) is 0 Å². The highest BCUT2D eigenvalue weighted by Gasteiger charge is 2.26. The maximum atomic E-state index is 11.1. The van der Waals surface area contributed by atoms with E-state index in [2.05, 4.69) is 0 Å². The maximum absolute atomic E-state index is 11.1. The van der Waals surface area contributed by atoms with Gasteiger partial charge in [-0.25, -0.2) is 0 Å². The summed E-state index contributed by atoms with van der Waals surface area (Å²) >= 11 is 0. The molecule has 0 aliphatic rings. The molecular formula is C9H11O4P. The number of carbonyl (C=O) groups excluding carboxylic acids is 1. The maximum Gasteiger partial charge on any atom is 0.396 e. The van der Waals surface area contributed by atoms with Crippen LogP contribution < -0.4 is 0 Å². The Hall–Kier alpha value is -0.960. The molecule has 4 nitrogen and oxygen atoms in total. The lowest BCUT2D eigenvalue weighted by atomic mass is 10.1. The first-order valence-corrected chi connectivity index (χ1v) is 5.75. The van der Waals surface area contributed by atoms with Gasteiger partial charge in [0.05, 0.1) is 0 Å².